The summed E-state index contributed by atoms with van der Waals surface area (Å²) in [5.74, 6) is -0.273. The summed E-state index contributed by atoms with van der Waals surface area (Å²) in [6.45, 7) is 4.40. The molecule has 0 spiro atoms. The van der Waals surface area contributed by atoms with Crippen molar-refractivity contribution >= 4 is 33.6 Å². The van der Waals surface area contributed by atoms with E-state index in [-0.39, 0.29) is 18.4 Å². The summed E-state index contributed by atoms with van der Waals surface area (Å²) in [5.41, 5.74) is 1.81. The second-order valence-corrected chi connectivity index (χ2v) is 7.98. The predicted octanol–water partition coefficient (Wildman–Crippen LogP) is 4.25. The van der Waals surface area contributed by atoms with Gasteiger partial charge in [-0.3, -0.25) is 4.79 Å². The van der Waals surface area contributed by atoms with Crippen LogP contribution in [0.4, 0.5) is 4.79 Å². The van der Waals surface area contributed by atoms with Crippen LogP contribution in [-0.2, 0) is 22.7 Å². The van der Waals surface area contributed by atoms with E-state index in [9.17, 15) is 9.59 Å². The largest absolute Gasteiger partial charge is 0.445 e. The molecule has 0 aliphatic heterocycles. The molecule has 0 aliphatic carbocycles. The lowest BCUT2D eigenvalue weighted by Crippen LogP contribution is -2.50. The zero-order chi connectivity index (χ0) is 20.6. The Hall–Kier alpha value is -2.93. The first-order valence-corrected chi connectivity index (χ1v) is 10.5. The van der Waals surface area contributed by atoms with Crippen LogP contribution in [0.1, 0.15) is 30.8 Å². The van der Waals surface area contributed by atoms with Gasteiger partial charge in [-0.1, -0.05) is 62.7 Å². The number of alkyl carbamates (subject to hydrolysis) is 1. The molecule has 0 radical (unpaired) electrons. The fraction of sp³-hybridized carbons (Fsp3) is 0.318. The number of para-hydroxylation sites is 1. The second-order valence-electron chi connectivity index (χ2n) is 6.86. The van der Waals surface area contributed by atoms with E-state index in [0.717, 1.165) is 27.2 Å². The third-order valence-electron chi connectivity index (χ3n) is 4.73. The van der Waals surface area contributed by atoms with Gasteiger partial charge in [0.15, 0.2) is 0 Å². The Balaban J connectivity index is 1.56. The number of nitrogens with zero attached hydrogens (tertiary/aromatic N) is 1. The highest BCUT2D eigenvalue weighted by molar-refractivity contribution is 7.18. The summed E-state index contributed by atoms with van der Waals surface area (Å²) in [6.07, 6.45) is 0.146. The summed E-state index contributed by atoms with van der Waals surface area (Å²) in [4.78, 5) is 29.5. The molecule has 3 aromatic rings. The van der Waals surface area contributed by atoms with Crippen molar-refractivity contribution < 1.29 is 14.3 Å². The van der Waals surface area contributed by atoms with Gasteiger partial charge in [0, 0.05) is 0 Å². The molecule has 7 heteroatoms. The van der Waals surface area contributed by atoms with Gasteiger partial charge in [-0.05, 0) is 23.6 Å². The smallest absolute Gasteiger partial charge is 0.408 e. The van der Waals surface area contributed by atoms with Crippen molar-refractivity contribution in [1.29, 1.82) is 0 Å². The molecule has 152 valence electrons. The first-order chi connectivity index (χ1) is 14.1. The van der Waals surface area contributed by atoms with Crippen molar-refractivity contribution in [1.82, 2.24) is 15.6 Å². The number of thiazole rings is 1. The third kappa shape index (κ3) is 5.77. The number of nitrogens with one attached hydrogen (secondary N) is 2. The van der Waals surface area contributed by atoms with Crippen LogP contribution in [0.2, 0.25) is 0 Å². The maximum absolute atomic E-state index is 12.7. The van der Waals surface area contributed by atoms with Crippen LogP contribution in [-0.4, -0.2) is 23.0 Å². The fourth-order valence-electron chi connectivity index (χ4n) is 2.86. The maximum atomic E-state index is 12.7. The van der Waals surface area contributed by atoms with Gasteiger partial charge in [0.05, 0.1) is 16.8 Å². The van der Waals surface area contributed by atoms with Crippen LogP contribution in [0.15, 0.2) is 54.6 Å². The van der Waals surface area contributed by atoms with Crippen molar-refractivity contribution in [2.45, 2.75) is 39.5 Å². The quantitative estimate of drug-likeness (QED) is 0.581. The highest BCUT2D eigenvalue weighted by Gasteiger charge is 2.26. The van der Waals surface area contributed by atoms with Crippen LogP contribution >= 0.6 is 11.3 Å². The molecule has 0 aliphatic rings. The summed E-state index contributed by atoms with van der Waals surface area (Å²) < 4.78 is 6.35. The number of rotatable bonds is 8. The molecule has 29 heavy (non-hydrogen) atoms. The van der Waals surface area contributed by atoms with Crippen molar-refractivity contribution in [3.05, 3.63) is 65.2 Å². The van der Waals surface area contributed by atoms with E-state index in [0.29, 0.717) is 6.54 Å². The average molecular weight is 412 g/mol. The number of aromatic nitrogens is 1. The van der Waals surface area contributed by atoms with Gasteiger partial charge < -0.3 is 15.4 Å². The molecular weight excluding hydrogens is 386 g/mol. The Morgan fingerprint density at radius 1 is 1.10 bits per heavy atom. The van der Waals surface area contributed by atoms with E-state index < -0.39 is 12.1 Å². The SMILES string of the molecule is CC[C@H](C)[C@H](NC(=O)OCc1ccccc1)C(=O)NCc1nc2ccccc2s1. The number of carbonyl (C=O) groups excluding carboxylic acids is 2. The first kappa shape index (κ1) is 20.8. The minimum Gasteiger partial charge on any atom is -0.445 e. The van der Waals surface area contributed by atoms with E-state index in [1.807, 2.05) is 68.4 Å². The minimum absolute atomic E-state index is 0.0327. The van der Waals surface area contributed by atoms with E-state index in [2.05, 4.69) is 15.6 Å². The summed E-state index contributed by atoms with van der Waals surface area (Å²) >= 11 is 1.55. The van der Waals surface area contributed by atoms with Crippen molar-refractivity contribution in [3.8, 4) is 0 Å². The Bertz CT molecular complexity index is 925. The second kappa shape index (κ2) is 10.0. The van der Waals surface area contributed by atoms with E-state index in [4.69, 9.17) is 4.74 Å². The Labute approximate surface area is 174 Å². The van der Waals surface area contributed by atoms with Crippen molar-refractivity contribution in [2.75, 3.05) is 0 Å². The third-order valence-corrected chi connectivity index (χ3v) is 5.77. The molecule has 1 heterocycles. The molecule has 0 saturated carbocycles. The molecule has 2 aromatic carbocycles. The van der Waals surface area contributed by atoms with Gasteiger partial charge in [0.1, 0.15) is 17.7 Å². The number of hydrogen-bond acceptors (Lipinski definition) is 5. The predicted molar refractivity (Wildman–Crippen MR) is 114 cm³/mol. The lowest BCUT2D eigenvalue weighted by Gasteiger charge is -2.23. The summed E-state index contributed by atoms with van der Waals surface area (Å²) in [5, 5.41) is 6.43. The zero-order valence-electron chi connectivity index (χ0n) is 16.6. The first-order valence-electron chi connectivity index (χ1n) is 9.66. The van der Waals surface area contributed by atoms with Gasteiger partial charge in [0.2, 0.25) is 5.91 Å². The highest BCUT2D eigenvalue weighted by atomic mass is 32.1. The van der Waals surface area contributed by atoms with E-state index in [1.165, 1.54) is 0 Å². The van der Waals surface area contributed by atoms with Gasteiger partial charge >= 0.3 is 6.09 Å². The monoisotopic (exact) mass is 411 g/mol. The zero-order valence-corrected chi connectivity index (χ0v) is 17.4. The molecule has 3 rings (SSSR count). The molecule has 0 unspecified atom stereocenters. The Morgan fingerprint density at radius 2 is 1.83 bits per heavy atom. The topological polar surface area (TPSA) is 80.3 Å². The molecule has 6 nitrogen and oxygen atoms in total. The molecule has 0 fully saturated rings. The van der Waals surface area contributed by atoms with Crippen LogP contribution < -0.4 is 10.6 Å². The van der Waals surface area contributed by atoms with Gasteiger partial charge in [-0.25, -0.2) is 9.78 Å². The van der Waals surface area contributed by atoms with Crippen LogP contribution in [0, 0.1) is 5.92 Å². The highest BCUT2D eigenvalue weighted by Crippen LogP contribution is 2.21. The van der Waals surface area contributed by atoms with Crippen LogP contribution in [0.3, 0.4) is 0 Å². The summed E-state index contributed by atoms with van der Waals surface area (Å²) in [7, 11) is 0. The van der Waals surface area contributed by atoms with Gasteiger partial charge in [-0.2, -0.15) is 0 Å². The molecule has 1 aromatic heterocycles. The Kier molecular flexibility index (Phi) is 7.19. The molecule has 0 saturated heterocycles. The standard InChI is InChI=1S/C22H25N3O3S/c1-3-15(2)20(25-22(27)28-14-16-9-5-4-6-10-16)21(26)23-13-19-24-17-11-7-8-12-18(17)29-19/h4-12,15,20H,3,13-14H2,1-2H3,(H,23,26)(H,25,27)/t15-,20-/m0/s1. The minimum atomic E-state index is -0.669. The molecular formula is C22H25N3O3S. The number of amides is 2. The maximum Gasteiger partial charge on any atom is 0.408 e. The van der Waals surface area contributed by atoms with Crippen molar-refractivity contribution in [3.63, 3.8) is 0 Å². The average Bonchev–Trinajstić information content (AvgIpc) is 3.17. The number of fused-ring (bicyclic) bond motifs is 1. The number of carbonyl (C=O) groups is 2. The summed E-state index contributed by atoms with van der Waals surface area (Å²) in [6, 6.07) is 16.6. The molecule has 0 bridgehead atoms. The number of benzene rings is 2. The lowest BCUT2D eigenvalue weighted by molar-refractivity contribution is -0.124. The van der Waals surface area contributed by atoms with Gasteiger partial charge in [-0.15, -0.1) is 11.3 Å². The molecule has 2 N–H and O–H groups in total. The fourth-order valence-corrected chi connectivity index (χ4v) is 3.77. The lowest BCUT2D eigenvalue weighted by atomic mass is 9.98. The van der Waals surface area contributed by atoms with Crippen molar-refractivity contribution in [2.24, 2.45) is 5.92 Å². The van der Waals surface area contributed by atoms with E-state index >= 15 is 0 Å². The Morgan fingerprint density at radius 3 is 2.55 bits per heavy atom. The van der Waals surface area contributed by atoms with Crippen LogP contribution in [0.25, 0.3) is 10.2 Å². The van der Waals surface area contributed by atoms with Gasteiger partial charge in [0.25, 0.3) is 0 Å². The number of hydrogen-bond donors (Lipinski definition) is 2. The normalized spacial score (nSPS) is 12.9. The van der Waals surface area contributed by atoms with E-state index in [1.54, 1.807) is 11.3 Å². The number of ether oxygens (including phenoxy) is 1. The van der Waals surface area contributed by atoms with Crippen LogP contribution in [0.5, 0.6) is 0 Å². The molecule has 2 amide bonds. The molecule has 2 atom stereocenters.